The summed E-state index contributed by atoms with van der Waals surface area (Å²) in [6.45, 7) is 1.67. The lowest BCUT2D eigenvalue weighted by molar-refractivity contribution is 0.447. The molecule has 8 heteroatoms. The van der Waals surface area contributed by atoms with E-state index < -0.39 is 46.6 Å². The van der Waals surface area contributed by atoms with Gasteiger partial charge in [-0.3, -0.25) is 0 Å². The van der Waals surface area contributed by atoms with Gasteiger partial charge in [0.05, 0.1) is 0 Å². The molecule has 0 radical (unpaired) electrons. The average molecular weight is 518 g/mol. The third kappa shape index (κ3) is 5.28. The normalized spacial score (nSPS) is 12.0. The van der Waals surface area contributed by atoms with Gasteiger partial charge in [-0.2, -0.15) is 0 Å². The number of halogens is 8. The van der Waals surface area contributed by atoms with Crippen molar-refractivity contribution in [2.75, 3.05) is 0 Å². The molecule has 0 nitrogen and oxygen atoms in total. The molecule has 0 spiro atoms. The first-order valence-electron chi connectivity index (χ1n) is 11.2. The Morgan fingerprint density at radius 2 is 0.973 bits per heavy atom. The fraction of sp³-hybridized carbons (Fsp3) is 0.103. The molecule has 0 bridgehead atoms. The SMILES string of the molecule is CCCC(F)=C(F)c1ccc(-c2ccc(-c3ccc(-c4cc(F)c(F)c(F)c4)c(F)c3)c(F)c2)c(F)c1. The molecule has 190 valence electrons. The lowest BCUT2D eigenvalue weighted by atomic mass is 9.96. The van der Waals surface area contributed by atoms with Gasteiger partial charge >= 0.3 is 0 Å². The number of allylic oxidation sites excluding steroid dienone is 1. The van der Waals surface area contributed by atoms with Crippen LogP contribution in [0.5, 0.6) is 0 Å². The molecule has 0 saturated carbocycles. The van der Waals surface area contributed by atoms with Gasteiger partial charge in [-0.1, -0.05) is 43.3 Å². The highest BCUT2D eigenvalue weighted by Gasteiger charge is 2.17. The van der Waals surface area contributed by atoms with Crippen molar-refractivity contribution >= 4 is 5.83 Å². The third-order valence-electron chi connectivity index (χ3n) is 5.79. The first-order chi connectivity index (χ1) is 17.6. The highest BCUT2D eigenvalue weighted by atomic mass is 19.2. The van der Waals surface area contributed by atoms with Crippen molar-refractivity contribution in [3.05, 3.63) is 113 Å². The Bertz CT molecular complexity index is 1500. The second kappa shape index (κ2) is 10.6. The molecular weight excluding hydrogens is 500 g/mol. The Kier molecular flexibility index (Phi) is 7.47. The predicted molar refractivity (Wildman–Crippen MR) is 127 cm³/mol. The van der Waals surface area contributed by atoms with Crippen LogP contribution in [0, 0.1) is 34.9 Å². The fourth-order valence-corrected chi connectivity index (χ4v) is 3.92. The molecule has 4 rings (SSSR count). The standard InChI is InChI=1S/C29H18F8/c1-2-3-22(30)28(36)17-6-9-20(25(33)12-17)15-4-7-19(23(31)10-15)16-5-8-21(24(32)11-16)18-13-26(34)29(37)27(35)14-18/h4-14H,2-3H2,1H3. The van der Waals surface area contributed by atoms with Gasteiger partial charge in [0.15, 0.2) is 23.3 Å². The first-order valence-corrected chi connectivity index (χ1v) is 11.2. The lowest BCUT2D eigenvalue weighted by Crippen LogP contribution is -1.94. The van der Waals surface area contributed by atoms with Crippen LogP contribution in [0.4, 0.5) is 35.1 Å². The molecule has 4 aromatic carbocycles. The molecule has 0 atom stereocenters. The maximum absolute atomic E-state index is 15.0. The zero-order chi connectivity index (χ0) is 26.9. The Labute approximate surface area is 207 Å². The minimum Gasteiger partial charge on any atom is -0.209 e. The molecule has 0 unspecified atom stereocenters. The van der Waals surface area contributed by atoms with Gasteiger partial charge in [-0.15, -0.1) is 0 Å². The predicted octanol–water partition coefficient (Wildman–Crippen LogP) is 9.93. The van der Waals surface area contributed by atoms with Gasteiger partial charge < -0.3 is 0 Å². The molecular formula is C29H18F8. The van der Waals surface area contributed by atoms with Crippen molar-refractivity contribution in [3.63, 3.8) is 0 Å². The second-order valence-corrected chi connectivity index (χ2v) is 8.31. The van der Waals surface area contributed by atoms with Crippen LogP contribution in [0.3, 0.4) is 0 Å². The van der Waals surface area contributed by atoms with E-state index in [1.165, 1.54) is 36.4 Å². The van der Waals surface area contributed by atoms with E-state index in [1.807, 2.05) is 0 Å². The maximum atomic E-state index is 15.0. The van der Waals surface area contributed by atoms with Crippen LogP contribution in [0.15, 0.2) is 72.6 Å². The average Bonchev–Trinajstić information content (AvgIpc) is 2.86. The van der Waals surface area contributed by atoms with Crippen LogP contribution in [-0.4, -0.2) is 0 Å². The van der Waals surface area contributed by atoms with E-state index >= 15 is 0 Å². The highest BCUT2D eigenvalue weighted by molar-refractivity contribution is 5.75. The molecule has 4 aromatic rings. The molecule has 0 aliphatic heterocycles. The van der Waals surface area contributed by atoms with Crippen molar-refractivity contribution in [2.24, 2.45) is 0 Å². The summed E-state index contributed by atoms with van der Waals surface area (Å²) >= 11 is 0. The van der Waals surface area contributed by atoms with Gasteiger partial charge in [0.1, 0.15) is 23.3 Å². The molecule has 0 aliphatic carbocycles. The van der Waals surface area contributed by atoms with Crippen molar-refractivity contribution in [3.8, 4) is 33.4 Å². The Morgan fingerprint density at radius 1 is 0.541 bits per heavy atom. The zero-order valence-electron chi connectivity index (χ0n) is 19.3. The van der Waals surface area contributed by atoms with Gasteiger partial charge in [0.25, 0.3) is 0 Å². The van der Waals surface area contributed by atoms with Crippen LogP contribution >= 0.6 is 0 Å². The number of hydrogen-bond acceptors (Lipinski definition) is 0. The van der Waals surface area contributed by atoms with Crippen LogP contribution in [-0.2, 0) is 0 Å². The van der Waals surface area contributed by atoms with E-state index in [1.54, 1.807) is 6.92 Å². The summed E-state index contributed by atoms with van der Waals surface area (Å²) in [7, 11) is 0. The van der Waals surface area contributed by atoms with E-state index in [9.17, 15) is 35.1 Å². The highest BCUT2D eigenvalue weighted by Crippen LogP contribution is 2.34. The summed E-state index contributed by atoms with van der Waals surface area (Å²) in [5, 5.41) is 0. The molecule has 0 saturated heterocycles. The molecule has 0 amide bonds. The summed E-state index contributed by atoms with van der Waals surface area (Å²) in [5.41, 5.74) is -0.645. The van der Waals surface area contributed by atoms with E-state index in [4.69, 9.17) is 0 Å². The molecule has 0 fully saturated rings. The first kappa shape index (κ1) is 26.1. The van der Waals surface area contributed by atoms with Gasteiger partial charge in [-0.25, -0.2) is 35.1 Å². The van der Waals surface area contributed by atoms with E-state index in [-0.39, 0.29) is 45.4 Å². The summed E-state index contributed by atoms with van der Waals surface area (Å²) < 4.78 is 113. The largest absolute Gasteiger partial charge is 0.209 e. The van der Waals surface area contributed by atoms with Crippen LogP contribution in [0.2, 0.25) is 0 Å². The Morgan fingerprint density at radius 3 is 1.43 bits per heavy atom. The minimum atomic E-state index is -1.68. The summed E-state index contributed by atoms with van der Waals surface area (Å²) in [4.78, 5) is 0. The molecule has 37 heavy (non-hydrogen) atoms. The topological polar surface area (TPSA) is 0 Å². The number of benzene rings is 4. The van der Waals surface area contributed by atoms with Gasteiger partial charge in [0.2, 0.25) is 0 Å². The van der Waals surface area contributed by atoms with Crippen molar-refractivity contribution in [2.45, 2.75) is 19.8 Å². The second-order valence-electron chi connectivity index (χ2n) is 8.31. The molecule has 0 aliphatic rings. The van der Waals surface area contributed by atoms with Gasteiger partial charge in [-0.05, 0) is 53.4 Å². The molecule has 0 aromatic heterocycles. The minimum absolute atomic E-state index is 0.0432. The van der Waals surface area contributed by atoms with Crippen molar-refractivity contribution < 1.29 is 35.1 Å². The van der Waals surface area contributed by atoms with Crippen LogP contribution in [0.1, 0.15) is 25.3 Å². The Balaban J connectivity index is 1.65. The third-order valence-corrected chi connectivity index (χ3v) is 5.79. The quantitative estimate of drug-likeness (QED) is 0.176. The van der Waals surface area contributed by atoms with Crippen molar-refractivity contribution in [1.82, 2.24) is 0 Å². The lowest BCUT2D eigenvalue weighted by Gasteiger charge is -2.11. The number of rotatable bonds is 6. The summed E-state index contributed by atoms with van der Waals surface area (Å²) in [5.74, 6) is -9.44. The van der Waals surface area contributed by atoms with E-state index in [2.05, 4.69) is 0 Å². The van der Waals surface area contributed by atoms with E-state index in [0.717, 1.165) is 18.2 Å². The molecule has 0 heterocycles. The monoisotopic (exact) mass is 518 g/mol. The van der Waals surface area contributed by atoms with Crippen LogP contribution in [0.25, 0.3) is 39.2 Å². The number of hydrogen-bond donors (Lipinski definition) is 0. The summed E-state index contributed by atoms with van der Waals surface area (Å²) in [6, 6.07) is 11.6. The summed E-state index contributed by atoms with van der Waals surface area (Å²) in [6.07, 6.45) is 0.253. The van der Waals surface area contributed by atoms with Crippen molar-refractivity contribution in [1.29, 1.82) is 0 Å². The van der Waals surface area contributed by atoms with Crippen LogP contribution < -0.4 is 0 Å². The Hall–Kier alpha value is -3.94. The molecule has 0 N–H and O–H groups in total. The fourth-order valence-electron chi connectivity index (χ4n) is 3.92. The van der Waals surface area contributed by atoms with E-state index in [0.29, 0.717) is 18.6 Å². The van der Waals surface area contributed by atoms with Gasteiger partial charge in [0, 0.05) is 28.7 Å². The zero-order valence-corrected chi connectivity index (χ0v) is 19.3. The smallest absolute Gasteiger partial charge is 0.194 e. The maximum Gasteiger partial charge on any atom is 0.194 e.